The van der Waals surface area contributed by atoms with Crippen LogP contribution in [0.4, 0.5) is 5.69 Å². The predicted octanol–water partition coefficient (Wildman–Crippen LogP) is 2.19. The number of rotatable bonds is 5. The molecule has 3 N–H and O–H groups in total. The van der Waals surface area contributed by atoms with Gasteiger partial charge in [-0.1, -0.05) is 24.6 Å². The molecule has 154 valence electrons. The van der Waals surface area contributed by atoms with E-state index in [0.717, 1.165) is 42.8 Å². The van der Waals surface area contributed by atoms with E-state index in [4.69, 9.17) is 4.99 Å². The number of aliphatic imine (C=N–C) groups is 1. The van der Waals surface area contributed by atoms with Crippen molar-refractivity contribution in [3.63, 3.8) is 0 Å². The number of carbonyl (C=O) groups excluding carboxylic acids is 1. The lowest BCUT2D eigenvalue weighted by Gasteiger charge is -2.26. The van der Waals surface area contributed by atoms with Gasteiger partial charge in [-0.05, 0) is 31.4 Å². The van der Waals surface area contributed by atoms with Crippen LogP contribution < -0.4 is 16.0 Å². The Morgan fingerprint density at radius 2 is 2.14 bits per heavy atom. The van der Waals surface area contributed by atoms with E-state index >= 15 is 0 Å². The molecule has 2 aliphatic heterocycles. The number of benzene rings is 1. The van der Waals surface area contributed by atoms with E-state index < -0.39 is 0 Å². The Labute approximate surface area is 171 Å². The number of fused-ring (bicyclic) bond motifs is 2. The molecule has 0 radical (unpaired) electrons. The van der Waals surface area contributed by atoms with Crippen LogP contribution in [0.2, 0.25) is 0 Å². The Kier molecular flexibility index (Phi) is 6.07. The molecule has 1 amide bonds. The Morgan fingerprint density at radius 3 is 3.03 bits per heavy atom. The summed E-state index contributed by atoms with van der Waals surface area (Å²) in [5.41, 5.74) is 2.07. The normalized spacial score (nSPS) is 19.0. The average molecular weight is 396 g/mol. The molecule has 4 rings (SSSR count). The van der Waals surface area contributed by atoms with Gasteiger partial charge in [0.2, 0.25) is 5.91 Å². The molecule has 0 bridgehead atoms. The number of hydrogen-bond acceptors (Lipinski definition) is 4. The Hall–Kier alpha value is -2.90. The number of carbonyl (C=O) groups is 1. The molecule has 8 nitrogen and oxygen atoms in total. The first-order chi connectivity index (χ1) is 14.2. The Bertz CT molecular complexity index is 889. The SMILES string of the molecule is CCNC(=NCc1nnc2n1CCCCC2)NCC1CC(=O)Nc2ccccc21. The summed E-state index contributed by atoms with van der Waals surface area (Å²) in [6, 6.07) is 7.99. The predicted molar refractivity (Wildman–Crippen MR) is 113 cm³/mol. The van der Waals surface area contributed by atoms with Crippen molar-refractivity contribution in [2.24, 2.45) is 4.99 Å². The van der Waals surface area contributed by atoms with E-state index in [0.29, 0.717) is 19.5 Å². The largest absolute Gasteiger partial charge is 0.357 e. The maximum Gasteiger partial charge on any atom is 0.225 e. The number of guanidine groups is 1. The Balaban J connectivity index is 1.44. The van der Waals surface area contributed by atoms with Crippen LogP contribution in [0.3, 0.4) is 0 Å². The van der Waals surface area contributed by atoms with Crippen molar-refractivity contribution in [1.29, 1.82) is 0 Å². The minimum atomic E-state index is 0.0589. The average Bonchev–Trinajstić information content (AvgIpc) is 2.95. The van der Waals surface area contributed by atoms with Crippen molar-refractivity contribution in [3.05, 3.63) is 41.5 Å². The minimum absolute atomic E-state index is 0.0589. The van der Waals surface area contributed by atoms with Gasteiger partial charge in [0.05, 0.1) is 0 Å². The van der Waals surface area contributed by atoms with E-state index in [1.165, 1.54) is 24.8 Å². The number of amides is 1. The lowest BCUT2D eigenvalue weighted by molar-refractivity contribution is -0.116. The van der Waals surface area contributed by atoms with Gasteiger partial charge >= 0.3 is 0 Å². The van der Waals surface area contributed by atoms with E-state index in [1.54, 1.807) is 0 Å². The molecule has 1 atom stereocenters. The van der Waals surface area contributed by atoms with Gasteiger partial charge in [-0.2, -0.15) is 0 Å². The summed E-state index contributed by atoms with van der Waals surface area (Å²) < 4.78 is 2.22. The van der Waals surface area contributed by atoms with Crippen molar-refractivity contribution < 1.29 is 4.79 Å². The van der Waals surface area contributed by atoms with Gasteiger partial charge in [-0.25, -0.2) is 4.99 Å². The summed E-state index contributed by atoms with van der Waals surface area (Å²) in [7, 11) is 0. The van der Waals surface area contributed by atoms with E-state index in [9.17, 15) is 4.79 Å². The molecule has 1 aromatic heterocycles. The lowest BCUT2D eigenvalue weighted by Crippen LogP contribution is -2.40. The first kappa shape index (κ1) is 19.4. The topological polar surface area (TPSA) is 96.2 Å². The summed E-state index contributed by atoms with van der Waals surface area (Å²) in [4.78, 5) is 16.8. The van der Waals surface area contributed by atoms with Gasteiger partial charge in [0.15, 0.2) is 11.8 Å². The molecular weight excluding hydrogens is 366 g/mol. The van der Waals surface area contributed by atoms with Gasteiger partial charge in [-0.3, -0.25) is 4.79 Å². The zero-order valence-electron chi connectivity index (χ0n) is 16.9. The highest BCUT2D eigenvalue weighted by molar-refractivity contribution is 5.94. The standard InChI is InChI=1S/C21H29N7O/c1-2-22-21(24-14-19-27-26-18-10-4-3-7-11-28(18)19)23-13-15-12-20(29)25-17-9-6-5-8-16(15)17/h5-6,8-9,15H,2-4,7,10-14H2,1H3,(H,25,29)(H2,22,23,24). The molecule has 3 heterocycles. The maximum absolute atomic E-state index is 12.0. The van der Waals surface area contributed by atoms with Crippen LogP contribution in [0.25, 0.3) is 0 Å². The van der Waals surface area contributed by atoms with Crippen LogP contribution in [-0.2, 0) is 24.3 Å². The quantitative estimate of drug-likeness (QED) is 0.533. The second-order valence-corrected chi connectivity index (χ2v) is 7.61. The monoisotopic (exact) mass is 395 g/mol. The Morgan fingerprint density at radius 1 is 1.24 bits per heavy atom. The summed E-state index contributed by atoms with van der Waals surface area (Å²) in [5, 5.41) is 18.4. The highest BCUT2D eigenvalue weighted by Crippen LogP contribution is 2.31. The van der Waals surface area contributed by atoms with E-state index in [1.807, 2.05) is 25.1 Å². The third-order valence-corrected chi connectivity index (χ3v) is 5.53. The van der Waals surface area contributed by atoms with Crippen molar-refractivity contribution in [2.45, 2.75) is 58.0 Å². The molecule has 2 aromatic rings. The zero-order chi connectivity index (χ0) is 20.1. The summed E-state index contributed by atoms with van der Waals surface area (Å²) in [6.07, 6.45) is 5.07. The van der Waals surface area contributed by atoms with Crippen LogP contribution in [0.1, 0.15) is 55.7 Å². The van der Waals surface area contributed by atoms with Crippen molar-refractivity contribution in [3.8, 4) is 0 Å². The minimum Gasteiger partial charge on any atom is -0.357 e. The molecule has 8 heteroatoms. The third kappa shape index (κ3) is 4.58. The highest BCUT2D eigenvalue weighted by Gasteiger charge is 2.24. The van der Waals surface area contributed by atoms with Gasteiger partial charge in [-0.15, -0.1) is 10.2 Å². The summed E-state index contributed by atoms with van der Waals surface area (Å²) in [5.74, 6) is 2.91. The highest BCUT2D eigenvalue weighted by atomic mass is 16.1. The van der Waals surface area contributed by atoms with Crippen LogP contribution in [0, 0.1) is 0 Å². The second kappa shape index (κ2) is 9.07. The molecule has 0 saturated carbocycles. The van der Waals surface area contributed by atoms with Gasteiger partial charge < -0.3 is 20.5 Å². The summed E-state index contributed by atoms with van der Waals surface area (Å²) >= 11 is 0. The van der Waals surface area contributed by atoms with Crippen LogP contribution in [0.15, 0.2) is 29.3 Å². The molecule has 1 aromatic carbocycles. The number of aryl methyl sites for hydroxylation is 1. The van der Waals surface area contributed by atoms with Crippen LogP contribution in [0.5, 0.6) is 0 Å². The molecule has 0 fully saturated rings. The first-order valence-electron chi connectivity index (χ1n) is 10.6. The molecule has 0 saturated heterocycles. The van der Waals surface area contributed by atoms with Crippen molar-refractivity contribution in [2.75, 3.05) is 18.4 Å². The molecule has 2 aliphatic rings. The lowest BCUT2D eigenvalue weighted by atomic mass is 9.90. The molecule has 0 aliphatic carbocycles. The van der Waals surface area contributed by atoms with Gasteiger partial charge in [0.1, 0.15) is 12.4 Å². The number of nitrogens with one attached hydrogen (secondary N) is 3. The first-order valence-corrected chi connectivity index (χ1v) is 10.6. The number of anilines is 1. The number of hydrogen-bond donors (Lipinski definition) is 3. The van der Waals surface area contributed by atoms with E-state index in [2.05, 4.69) is 36.8 Å². The molecule has 0 spiro atoms. The number of nitrogens with zero attached hydrogens (tertiary/aromatic N) is 4. The zero-order valence-corrected chi connectivity index (χ0v) is 16.9. The van der Waals surface area contributed by atoms with E-state index in [-0.39, 0.29) is 11.8 Å². The number of para-hydroxylation sites is 1. The van der Waals surface area contributed by atoms with Crippen molar-refractivity contribution >= 4 is 17.6 Å². The van der Waals surface area contributed by atoms with Crippen molar-refractivity contribution in [1.82, 2.24) is 25.4 Å². The fourth-order valence-electron chi connectivity index (χ4n) is 4.06. The second-order valence-electron chi connectivity index (χ2n) is 7.61. The fourth-order valence-corrected chi connectivity index (χ4v) is 4.06. The smallest absolute Gasteiger partial charge is 0.225 e. The molecule has 1 unspecified atom stereocenters. The number of aromatic nitrogens is 3. The fraction of sp³-hybridized carbons (Fsp3) is 0.524. The third-order valence-electron chi connectivity index (χ3n) is 5.53. The molecule has 29 heavy (non-hydrogen) atoms. The van der Waals surface area contributed by atoms with Crippen LogP contribution >= 0.6 is 0 Å². The molecular formula is C21H29N7O. The van der Waals surface area contributed by atoms with Crippen LogP contribution in [-0.4, -0.2) is 39.7 Å². The summed E-state index contributed by atoms with van der Waals surface area (Å²) in [6.45, 7) is 4.93. The van der Waals surface area contributed by atoms with Gasteiger partial charge in [0, 0.05) is 44.1 Å². The van der Waals surface area contributed by atoms with Gasteiger partial charge in [0.25, 0.3) is 0 Å². The maximum atomic E-state index is 12.0.